The Morgan fingerprint density at radius 1 is 1.08 bits per heavy atom. The van der Waals surface area contributed by atoms with Crippen LogP contribution in [0.25, 0.3) is 0 Å². The average molecular weight is 519 g/mol. The van der Waals surface area contributed by atoms with Crippen molar-refractivity contribution < 1.29 is 26.4 Å². The van der Waals surface area contributed by atoms with E-state index in [1.165, 1.54) is 12.1 Å². The van der Waals surface area contributed by atoms with Gasteiger partial charge < -0.3 is 10.2 Å². The molecule has 0 spiro atoms. The van der Waals surface area contributed by atoms with E-state index in [9.17, 15) is 26.4 Å². The van der Waals surface area contributed by atoms with Gasteiger partial charge >= 0.3 is 5.51 Å². The zero-order chi connectivity index (χ0) is 25.9. The van der Waals surface area contributed by atoms with Crippen LogP contribution in [-0.2, 0) is 27.6 Å². The summed E-state index contributed by atoms with van der Waals surface area (Å²) >= 11 is 0. The number of hydrogen-bond acceptors (Lipinski definition) is 6. The minimum absolute atomic E-state index is 0.101. The van der Waals surface area contributed by atoms with Gasteiger partial charge in [-0.2, -0.15) is 13.2 Å². The fraction of sp³-hybridized carbons (Fsp3) is 0.280. The Morgan fingerprint density at radius 3 is 2.44 bits per heavy atom. The Bertz CT molecular complexity index is 1320. The van der Waals surface area contributed by atoms with E-state index < -0.39 is 20.2 Å². The lowest BCUT2D eigenvalue weighted by atomic mass is 10.1. The number of amides is 1. The molecule has 0 bridgehead atoms. The molecule has 0 saturated carbocycles. The molecule has 1 unspecified atom stereocenters. The quantitative estimate of drug-likeness (QED) is 0.504. The Morgan fingerprint density at radius 2 is 1.78 bits per heavy atom. The summed E-state index contributed by atoms with van der Waals surface area (Å²) in [6.07, 6.45) is 3.50. The number of nitrogens with zero attached hydrogens (tertiary/aromatic N) is 3. The SMILES string of the molecule is CC1CN(c2ccc(S(=O)(=O)C(F)(F)F)cc2)CN1Cc1ccncc1NC(=O)Cc1ccccc1. The standard InChI is InChI=1S/C25H25F3N4O3S/c1-18-15-32(21-7-9-22(10-8-21)36(34,35)25(26,27)28)17-31(18)16-20-11-12-29-14-23(20)30-24(33)13-19-5-3-2-4-6-19/h2-12,14,18H,13,15-17H2,1H3,(H,30,33). The number of pyridine rings is 1. The van der Waals surface area contributed by atoms with E-state index in [0.29, 0.717) is 31.1 Å². The zero-order valence-electron chi connectivity index (χ0n) is 19.4. The van der Waals surface area contributed by atoms with Crippen LogP contribution in [0.5, 0.6) is 0 Å². The van der Waals surface area contributed by atoms with Gasteiger partial charge in [-0.15, -0.1) is 0 Å². The van der Waals surface area contributed by atoms with E-state index in [2.05, 4.69) is 15.2 Å². The number of anilines is 2. The highest BCUT2D eigenvalue weighted by Crippen LogP contribution is 2.32. The van der Waals surface area contributed by atoms with Gasteiger partial charge in [-0.3, -0.25) is 14.7 Å². The fourth-order valence-electron chi connectivity index (χ4n) is 4.08. The molecule has 7 nitrogen and oxygen atoms in total. The number of rotatable bonds is 7. The largest absolute Gasteiger partial charge is 0.501 e. The maximum absolute atomic E-state index is 12.8. The van der Waals surface area contributed by atoms with Gasteiger partial charge in [0.25, 0.3) is 9.84 Å². The molecule has 2 aromatic carbocycles. The van der Waals surface area contributed by atoms with Gasteiger partial charge in [0.2, 0.25) is 5.91 Å². The third-order valence-electron chi connectivity index (χ3n) is 6.04. The molecular formula is C25H25F3N4O3S. The molecule has 1 atom stereocenters. The van der Waals surface area contributed by atoms with Crippen LogP contribution in [0, 0.1) is 0 Å². The van der Waals surface area contributed by atoms with Crippen molar-refractivity contribution in [2.45, 2.75) is 36.3 Å². The van der Waals surface area contributed by atoms with Crippen molar-refractivity contribution in [3.05, 3.63) is 84.2 Å². The molecule has 1 aliphatic heterocycles. The normalized spacial score (nSPS) is 16.8. The van der Waals surface area contributed by atoms with Crippen LogP contribution in [0.2, 0.25) is 0 Å². The van der Waals surface area contributed by atoms with Gasteiger partial charge in [0, 0.05) is 31.0 Å². The van der Waals surface area contributed by atoms with Crippen LogP contribution in [0.1, 0.15) is 18.1 Å². The van der Waals surface area contributed by atoms with E-state index in [-0.39, 0.29) is 18.4 Å². The third kappa shape index (κ3) is 5.68. The lowest BCUT2D eigenvalue weighted by molar-refractivity contribution is -0.115. The number of aromatic nitrogens is 1. The summed E-state index contributed by atoms with van der Waals surface area (Å²) in [5.41, 5.74) is -2.32. The van der Waals surface area contributed by atoms with Crippen molar-refractivity contribution in [3.8, 4) is 0 Å². The van der Waals surface area contributed by atoms with Crippen LogP contribution in [-0.4, -0.2) is 49.0 Å². The molecule has 1 N–H and O–H groups in total. The monoisotopic (exact) mass is 518 g/mol. The summed E-state index contributed by atoms with van der Waals surface area (Å²) in [6.45, 7) is 3.62. The summed E-state index contributed by atoms with van der Waals surface area (Å²) in [6, 6.07) is 16.1. The van der Waals surface area contributed by atoms with Crippen molar-refractivity contribution in [2.75, 3.05) is 23.4 Å². The summed E-state index contributed by atoms with van der Waals surface area (Å²) in [4.78, 5) is 20.0. The molecule has 190 valence electrons. The second kappa shape index (κ2) is 10.3. The minimum atomic E-state index is -5.38. The second-order valence-corrected chi connectivity index (χ2v) is 10.6. The van der Waals surface area contributed by atoms with E-state index in [0.717, 1.165) is 23.3 Å². The summed E-state index contributed by atoms with van der Waals surface area (Å²) < 4.78 is 61.7. The molecule has 11 heteroatoms. The molecule has 4 rings (SSSR count). The molecule has 1 aromatic heterocycles. The average Bonchev–Trinajstić information content (AvgIpc) is 3.20. The third-order valence-corrected chi connectivity index (χ3v) is 7.55. The number of benzene rings is 2. The van der Waals surface area contributed by atoms with E-state index in [1.54, 1.807) is 12.4 Å². The van der Waals surface area contributed by atoms with E-state index in [4.69, 9.17) is 0 Å². The van der Waals surface area contributed by atoms with Gasteiger partial charge in [0.1, 0.15) is 0 Å². The number of sulfone groups is 1. The highest BCUT2D eigenvalue weighted by atomic mass is 32.2. The van der Waals surface area contributed by atoms with Gasteiger partial charge in [-0.05, 0) is 48.4 Å². The van der Waals surface area contributed by atoms with Gasteiger partial charge in [-0.25, -0.2) is 8.42 Å². The van der Waals surface area contributed by atoms with Crippen molar-refractivity contribution in [3.63, 3.8) is 0 Å². The molecule has 0 aliphatic carbocycles. The van der Waals surface area contributed by atoms with Crippen LogP contribution in [0.15, 0.2) is 78.0 Å². The maximum Gasteiger partial charge on any atom is 0.501 e. The number of halogens is 3. The summed E-state index contributed by atoms with van der Waals surface area (Å²) in [5.74, 6) is -0.152. The van der Waals surface area contributed by atoms with Crippen molar-refractivity contribution >= 4 is 27.1 Å². The molecule has 1 fully saturated rings. The first kappa shape index (κ1) is 25.6. The lowest BCUT2D eigenvalue weighted by Gasteiger charge is -2.22. The highest BCUT2D eigenvalue weighted by Gasteiger charge is 2.46. The fourth-order valence-corrected chi connectivity index (χ4v) is 4.84. The number of carbonyl (C=O) groups is 1. The molecule has 1 saturated heterocycles. The van der Waals surface area contributed by atoms with E-state index in [1.807, 2.05) is 48.2 Å². The molecule has 2 heterocycles. The minimum Gasteiger partial charge on any atom is -0.357 e. The Balaban J connectivity index is 1.43. The Hall–Kier alpha value is -3.44. The number of hydrogen-bond donors (Lipinski definition) is 1. The number of carbonyl (C=O) groups excluding carboxylic acids is 1. The first-order chi connectivity index (χ1) is 17.0. The van der Waals surface area contributed by atoms with Crippen LogP contribution >= 0.6 is 0 Å². The van der Waals surface area contributed by atoms with Gasteiger partial charge in [0.05, 0.1) is 29.9 Å². The van der Waals surface area contributed by atoms with Crippen molar-refractivity contribution in [1.29, 1.82) is 0 Å². The lowest BCUT2D eigenvalue weighted by Crippen LogP contribution is -2.29. The molecule has 36 heavy (non-hydrogen) atoms. The molecule has 3 aromatic rings. The second-order valence-electron chi connectivity index (χ2n) is 8.65. The summed E-state index contributed by atoms with van der Waals surface area (Å²) in [5, 5.41) is 2.93. The smallest absolute Gasteiger partial charge is 0.357 e. The maximum atomic E-state index is 12.8. The molecule has 0 radical (unpaired) electrons. The molecular weight excluding hydrogens is 493 g/mol. The van der Waals surface area contributed by atoms with Crippen molar-refractivity contribution in [2.24, 2.45) is 0 Å². The first-order valence-corrected chi connectivity index (χ1v) is 12.7. The molecule has 1 amide bonds. The van der Waals surface area contributed by atoms with Gasteiger partial charge in [0.15, 0.2) is 0 Å². The van der Waals surface area contributed by atoms with Crippen LogP contribution in [0.4, 0.5) is 24.5 Å². The van der Waals surface area contributed by atoms with Crippen molar-refractivity contribution in [1.82, 2.24) is 9.88 Å². The predicted molar refractivity (Wildman–Crippen MR) is 130 cm³/mol. The van der Waals surface area contributed by atoms with E-state index >= 15 is 0 Å². The number of alkyl halides is 3. The topological polar surface area (TPSA) is 82.6 Å². The van der Waals surface area contributed by atoms with Crippen LogP contribution < -0.4 is 10.2 Å². The highest BCUT2D eigenvalue weighted by molar-refractivity contribution is 7.92. The Kier molecular flexibility index (Phi) is 7.32. The summed E-state index contributed by atoms with van der Waals surface area (Å²) in [7, 11) is -5.38. The first-order valence-electron chi connectivity index (χ1n) is 11.2. The Labute approximate surface area is 207 Å². The number of nitrogens with one attached hydrogen (secondary N) is 1. The van der Waals surface area contributed by atoms with Gasteiger partial charge in [-0.1, -0.05) is 30.3 Å². The molecule has 1 aliphatic rings. The predicted octanol–water partition coefficient (Wildman–Crippen LogP) is 4.22. The zero-order valence-corrected chi connectivity index (χ0v) is 20.3. The van der Waals surface area contributed by atoms with Crippen LogP contribution in [0.3, 0.4) is 0 Å².